The van der Waals surface area contributed by atoms with E-state index in [9.17, 15) is 5.26 Å². The van der Waals surface area contributed by atoms with Crippen molar-refractivity contribution in [2.45, 2.75) is 37.5 Å². The van der Waals surface area contributed by atoms with Gasteiger partial charge in [-0.05, 0) is 43.1 Å². The highest BCUT2D eigenvalue weighted by Gasteiger charge is 2.47. The zero-order valence-corrected chi connectivity index (χ0v) is 15.0. The average Bonchev–Trinajstić information content (AvgIpc) is 2.49. The van der Waals surface area contributed by atoms with Gasteiger partial charge in [0.05, 0.1) is 0 Å². The molecule has 0 spiro atoms. The molecule has 0 radical (unpaired) electrons. The number of rotatable bonds is 1. The number of amidine groups is 1. The summed E-state index contributed by atoms with van der Waals surface area (Å²) in [5, 5.41) is 9.87. The molecule has 0 aromatic heterocycles. The lowest BCUT2D eigenvalue weighted by Crippen LogP contribution is -2.14. The van der Waals surface area contributed by atoms with Gasteiger partial charge in [-0.15, -0.1) is 0 Å². The maximum absolute atomic E-state index is 9.44. The molecular formula is C14H20IN3S. The van der Waals surface area contributed by atoms with Crippen LogP contribution in [0.1, 0.15) is 34.1 Å². The molecule has 0 bridgehead atoms. The van der Waals surface area contributed by atoms with E-state index in [0.717, 1.165) is 12.0 Å². The normalized spacial score (nSPS) is 31.4. The minimum absolute atomic E-state index is 0.0388. The fourth-order valence-corrected chi connectivity index (χ4v) is 4.54. The van der Waals surface area contributed by atoms with Crippen LogP contribution in [0.25, 0.3) is 0 Å². The van der Waals surface area contributed by atoms with E-state index in [1.54, 1.807) is 0 Å². The summed E-state index contributed by atoms with van der Waals surface area (Å²) in [5.41, 5.74) is 8.39. The molecule has 0 heterocycles. The van der Waals surface area contributed by atoms with Gasteiger partial charge < -0.3 is 5.73 Å². The smallest absolute Gasteiger partial charge is 0.159 e. The van der Waals surface area contributed by atoms with E-state index < -0.39 is 0 Å². The number of aliphatic imine (C=N–C) groups is 1. The first-order valence-electron chi connectivity index (χ1n) is 6.08. The monoisotopic (exact) mass is 389 g/mol. The molecule has 0 aromatic rings. The second-order valence-corrected chi connectivity index (χ2v) is 8.66. The molecule has 104 valence electrons. The topological polar surface area (TPSA) is 62.2 Å². The van der Waals surface area contributed by atoms with Gasteiger partial charge in [-0.25, -0.2) is 4.99 Å². The number of nitriles is 1. The summed E-state index contributed by atoms with van der Waals surface area (Å²) in [5.74, 6) is 0. The minimum atomic E-state index is -0.0644. The van der Waals surface area contributed by atoms with Crippen LogP contribution in [-0.2, 0) is 0 Å². The number of hydrogen-bond donors (Lipinski definition) is 1. The fourth-order valence-electron chi connectivity index (χ4n) is 2.82. The Balaban J connectivity index is 3.56. The zero-order chi connectivity index (χ0) is 14.8. The number of allylic oxidation sites excluding steroid dienone is 4. The lowest BCUT2D eigenvalue weighted by molar-refractivity contribution is 0.441. The summed E-state index contributed by atoms with van der Waals surface area (Å²) in [6.07, 6.45) is 4.95. The van der Waals surface area contributed by atoms with E-state index in [1.165, 1.54) is 17.3 Å². The van der Waals surface area contributed by atoms with Crippen molar-refractivity contribution in [3.8, 4) is 6.07 Å². The van der Waals surface area contributed by atoms with E-state index in [2.05, 4.69) is 60.5 Å². The third kappa shape index (κ3) is 3.34. The van der Waals surface area contributed by atoms with Crippen LogP contribution >= 0.6 is 34.4 Å². The van der Waals surface area contributed by atoms with Crippen molar-refractivity contribution >= 4 is 39.5 Å². The summed E-state index contributed by atoms with van der Waals surface area (Å²) < 4.78 is 0.0388. The second kappa shape index (κ2) is 5.88. The van der Waals surface area contributed by atoms with Crippen LogP contribution in [-0.4, -0.2) is 14.8 Å². The average molecular weight is 389 g/mol. The summed E-state index contributed by atoms with van der Waals surface area (Å²) in [4.78, 5) is 4.29. The standard InChI is InChI=1S/C14H20IN3S/c1-6-9-11(10(7-16)18-12(17)19-5)13(2,3)8-14(9,4)15/h6H,8H2,1-5H3,(H2,17,18)/b9-6+,11-10+/t14-/m1/s1. The van der Waals surface area contributed by atoms with Gasteiger partial charge in [-0.2, -0.15) is 5.26 Å². The molecule has 19 heavy (non-hydrogen) atoms. The Morgan fingerprint density at radius 3 is 2.53 bits per heavy atom. The summed E-state index contributed by atoms with van der Waals surface area (Å²) >= 11 is 3.82. The van der Waals surface area contributed by atoms with Crippen molar-refractivity contribution in [1.82, 2.24) is 0 Å². The first kappa shape index (κ1) is 16.6. The number of hydrogen-bond acceptors (Lipinski definition) is 3. The molecule has 1 saturated carbocycles. The molecule has 1 aliphatic carbocycles. The van der Waals surface area contributed by atoms with E-state index in [-0.39, 0.29) is 8.84 Å². The Morgan fingerprint density at radius 1 is 1.53 bits per heavy atom. The lowest BCUT2D eigenvalue weighted by atomic mass is 9.85. The largest absolute Gasteiger partial charge is 0.378 e. The van der Waals surface area contributed by atoms with Crippen LogP contribution in [0.15, 0.2) is 27.9 Å². The molecular weight excluding hydrogens is 369 g/mol. The Hall–Kier alpha value is -0.480. The highest BCUT2D eigenvalue weighted by atomic mass is 127. The molecule has 1 aliphatic rings. The van der Waals surface area contributed by atoms with Crippen LogP contribution < -0.4 is 5.73 Å². The fraction of sp³-hybridized carbons (Fsp3) is 0.571. The quantitative estimate of drug-likeness (QED) is 0.242. The van der Waals surface area contributed by atoms with Crippen LogP contribution in [0, 0.1) is 16.7 Å². The molecule has 2 N–H and O–H groups in total. The molecule has 0 saturated heterocycles. The van der Waals surface area contributed by atoms with Crippen molar-refractivity contribution in [2.75, 3.05) is 6.26 Å². The molecule has 1 rings (SSSR count). The number of nitrogens with zero attached hydrogens (tertiary/aromatic N) is 2. The van der Waals surface area contributed by atoms with Crippen LogP contribution in [0.3, 0.4) is 0 Å². The first-order chi connectivity index (χ1) is 8.69. The molecule has 0 aromatic carbocycles. The summed E-state index contributed by atoms with van der Waals surface area (Å²) in [7, 11) is 0. The van der Waals surface area contributed by atoms with Gasteiger partial charge in [0, 0.05) is 3.42 Å². The highest BCUT2D eigenvalue weighted by Crippen LogP contribution is 2.56. The van der Waals surface area contributed by atoms with E-state index in [4.69, 9.17) is 5.73 Å². The van der Waals surface area contributed by atoms with Crippen molar-refractivity contribution in [2.24, 2.45) is 16.1 Å². The Labute approximate surface area is 133 Å². The molecule has 5 heteroatoms. The molecule has 0 aliphatic heterocycles. The van der Waals surface area contributed by atoms with E-state index >= 15 is 0 Å². The maximum atomic E-state index is 9.44. The number of thioether (sulfide) groups is 1. The van der Waals surface area contributed by atoms with Gasteiger partial charge in [-0.3, -0.25) is 0 Å². The number of halogens is 1. The van der Waals surface area contributed by atoms with Gasteiger partial charge in [0.2, 0.25) is 0 Å². The summed E-state index contributed by atoms with van der Waals surface area (Å²) in [6.45, 7) is 8.55. The number of alkyl halides is 1. The van der Waals surface area contributed by atoms with E-state index in [0.29, 0.717) is 10.9 Å². The van der Waals surface area contributed by atoms with Gasteiger partial charge in [0.1, 0.15) is 11.8 Å². The Bertz CT molecular complexity index is 507. The van der Waals surface area contributed by atoms with Crippen molar-refractivity contribution < 1.29 is 0 Å². The third-order valence-corrected chi connectivity index (χ3v) is 4.82. The minimum Gasteiger partial charge on any atom is -0.378 e. The van der Waals surface area contributed by atoms with Crippen LogP contribution in [0.2, 0.25) is 0 Å². The molecule has 0 amide bonds. The highest BCUT2D eigenvalue weighted by molar-refractivity contribution is 14.1. The zero-order valence-electron chi connectivity index (χ0n) is 12.0. The Morgan fingerprint density at radius 2 is 2.11 bits per heavy atom. The lowest BCUT2D eigenvalue weighted by Gasteiger charge is -2.20. The molecule has 1 atom stereocenters. The van der Waals surface area contributed by atoms with Gasteiger partial charge in [-0.1, -0.05) is 54.3 Å². The van der Waals surface area contributed by atoms with Crippen molar-refractivity contribution in [1.29, 1.82) is 5.26 Å². The molecule has 0 unspecified atom stereocenters. The maximum Gasteiger partial charge on any atom is 0.159 e. The second-order valence-electron chi connectivity index (χ2n) is 5.45. The third-order valence-electron chi connectivity index (χ3n) is 3.34. The van der Waals surface area contributed by atoms with Gasteiger partial charge >= 0.3 is 0 Å². The van der Waals surface area contributed by atoms with Gasteiger partial charge in [0.15, 0.2) is 5.17 Å². The molecule has 3 nitrogen and oxygen atoms in total. The predicted octanol–water partition coefficient (Wildman–Crippen LogP) is 4.01. The van der Waals surface area contributed by atoms with Crippen molar-refractivity contribution in [3.05, 3.63) is 22.9 Å². The van der Waals surface area contributed by atoms with Crippen LogP contribution in [0.5, 0.6) is 0 Å². The Kier molecular flexibility index (Phi) is 5.13. The SMILES string of the molecule is C\C=C1/C(=C(C#N)\N=C(/N)SC)C(C)(C)C[C@@]1(C)I. The first-order valence-corrected chi connectivity index (χ1v) is 8.39. The van der Waals surface area contributed by atoms with Gasteiger partial charge in [0.25, 0.3) is 0 Å². The predicted molar refractivity (Wildman–Crippen MR) is 92.4 cm³/mol. The summed E-state index contributed by atoms with van der Waals surface area (Å²) in [6, 6.07) is 2.22. The molecule has 1 fully saturated rings. The van der Waals surface area contributed by atoms with E-state index in [1.807, 2.05) is 13.2 Å². The van der Waals surface area contributed by atoms with Crippen molar-refractivity contribution in [3.63, 3.8) is 0 Å². The number of nitrogens with two attached hydrogens (primary N) is 1. The van der Waals surface area contributed by atoms with Crippen LogP contribution in [0.4, 0.5) is 0 Å².